The van der Waals surface area contributed by atoms with Gasteiger partial charge in [-0.15, -0.1) is 12.4 Å². The van der Waals surface area contributed by atoms with Crippen LogP contribution in [0.25, 0.3) is 10.8 Å². The van der Waals surface area contributed by atoms with Crippen LogP contribution in [0.3, 0.4) is 0 Å². The fourth-order valence-electron chi connectivity index (χ4n) is 5.46. The van der Waals surface area contributed by atoms with Crippen molar-refractivity contribution >= 4 is 46.1 Å². The molecular formula is C29H24ClN3O3. The molecule has 36 heavy (non-hydrogen) atoms. The van der Waals surface area contributed by atoms with E-state index in [4.69, 9.17) is 0 Å². The van der Waals surface area contributed by atoms with Crippen molar-refractivity contribution in [1.29, 1.82) is 0 Å². The van der Waals surface area contributed by atoms with Crippen molar-refractivity contribution in [3.05, 3.63) is 124 Å². The highest BCUT2D eigenvalue weighted by Gasteiger charge is 2.38. The fourth-order valence-corrected chi connectivity index (χ4v) is 5.46. The number of nitrogens with one attached hydrogen (secondary N) is 2. The molecule has 3 unspecified atom stereocenters. The number of nitro benzene ring substituents is 1. The van der Waals surface area contributed by atoms with E-state index in [1.54, 1.807) is 0 Å². The predicted octanol–water partition coefficient (Wildman–Crippen LogP) is 7.25. The van der Waals surface area contributed by atoms with E-state index in [0.717, 1.165) is 17.7 Å². The number of non-ortho nitro benzene ring substituents is 1. The Morgan fingerprint density at radius 1 is 0.972 bits per heavy atom. The van der Waals surface area contributed by atoms with E-state index in [-0.39, 0.29) is 30.0 Å². The molecule has 2 N–H and O–H groups in total. The summed E-state index contributed by atoms with van der Waals surface area (Å²) in [5.74, 6) is 0.417. The van der Waals surface area contributed by atoms with Crippen LogP contribution in [0.2, 0.25) is 0 Å². The minimum atomic E-state index is -0.478. The number of anilines is 2. The molecule has 0 saturated carbocycles. The molecule has 7 heteroatoms. The number of carbonyl (C=O) groups excluding carboxylic acids is 1. The minimum absolute atomic E-state index is 0. The summed E-state index contributed by atoms with van der Waals surface area (Å²) in [6.07, 6.45) is 5.61. The van der Waals surface area contributed by atoms with Gasteiger partial charge in [-0.25, -0.2) is 0 Å². The summed E-state index contributed by atoms with van der Waals surface area (Å²) >= 11 is 0. The van der Waals surface area contributed by atoms with Crippen LogP contribution in [0, 0.1) is 16.0 Å². The number of benzene rings is 4. The van der Waals surface area contributed by atoms with Gasteiger partial charge in [-0.1, -0.05) is 54.6 Å². The van der Waals surface area contributed by atoms with Gasteiger partial charge in [0.05, 0.1) is 11.0 Å². The number of halogens is 1. The predicted molar refractivity (Wildman–Crippen MR) is 145 cm³/mol. The van der Waals surface area contributed by atoms with Crippen molar-refractivity contribution in [2.45, 2.75) is 18.4 Å². The molecule has 4 aromatic rings. The van der Waals surface area contributed by atoms with E-state index in [0.29, 0.717) is 23.1 Å². The van der Waals surface area contributed by atoms with Crippen LogP contribution >= 0.6 is 12.4 Å². The third-order valence-electron chi connectivity index (χ3n) is 7.10. The molecule has 1 aliphatic carbocycles. The van der Waals surface area contributed by atoms with Gasteiger partial charge in [-0.3, -0.25) is 14.9 Å². The third-order valence-corrected chi connectivity index (χ3v) is 7.10. The van der Waals surface area contributed by atoms with Gasteiger partial charge in [0.25, 0.3) is 11.6 Å². The lowest BCUT2D eigenvalue weighted by atomic mass is 9.75. The highest BCUT2D eigenvalue weighted by Crippen LogP contribution is 2.51. The number of nitrogens with zero attached hydrogens (tertiary/aromatic N) is 1. The van der Waals surface area contributed by atoms with Gasteiger partial charge in [0.15, 0.2) is 0 Å². The van der Waals surface area contributed by atoms with Crippen molar-refractivity contribution in [1.82, 2.24) is 0 Å². The molecule has 6 rings (SSSR count). The monoisotopic (exact) mass is 497 g/mol. The molecule has 3 atom stereocenters. The van der Waals surface area contributed by atoms with Gasteiger partial charge in [0.2, 0.25) is 0 Å². The molecule has 0 bridgehead atoms. The van der Waals surface area contributed by atoms with Crippen LogP contribution in [-0.4, -0.2) is 10.8 Å². The molecule has 0 spiro atoms. The molecule has 1 amide bonds. The van der Waals surface area contributed by atoms with E-state index in [9.17, 15) is 14.9 Å². The zero-order valence-electron chi connectivity index (χ0n) is 19.3. The number of hydrogen-bond donors (Lipinski definition) is 2. The van der Waals surface area contributed by atoms with E-state index in [1.165, 1.54) is 40.6 Å². The summed E-state index contributed by atoms with van der Waals surface area (Å²) in [6, 6.07) is 26.5. The Morgan fingerprint density at radius 3 is 2.58 bits per heavy atom. The quantitative estimate of drug-likeness (QED) is 0.177. The third kappa shape index (κ3) is 4.10. The first-order valence-corrected chi connectivity index (χ1v) is 11.7. The zero-order valence-corrected chi connectivity index (χ0v) is 20.1. The van der Waals surface area contributed by atoms with Crippen LogP contribution in [-0.2, 0) is 0 Å². The van der Waals surface area contributed by atoms with Crippen molar-refractivity contribution in [2.75, 3.05) is 10.6 Å². The smallest absolute Gasteiger partial charge is 0.269 e. The highest BCUT2D eigenvalue weighted by molar-refractivity contribution is 6.04. The summed E-state index contributed by atoms with van der Waals surface area (Å²) in [6.45, 7) is 0. The van der Waals surface area contributed by atoms with Crippen molar-refractivity contribution in [2.24, 2.45) is 5.92 Å². The average Bonchev–Trinajstić information content (AvgIpc) is 3.38. The number of allylic oxidation sites excluding steroid dienone is 2. The normalized spacial score (nSPS) is 19.5. The molecule has 4 aromatic carbocycles. The molecule has 2 aliphatic rings. The molecule has 0 fully saturated rings. The molecule has 180 valence electrons. The topological polar surface area (TPSA) is 84.3 Å². The molecule has 1 heterocycles. The maximum Gasteiger partial charge on any atom is 0.269 e. The van der Waals surface area contributed by atoms with Gasteiger partial charge >= 0.3 is 0 Å². The fraction of sp³-hybridized carbons (Fsp3) is 0.138. The SMILES string of the molecule is Cl.O=C(Nc1cccc(C2Nc3ccc4ccccc4c3C3C=CCC32)c1)c1ccc([N+](=O)[O-])cc1. The standard InChI is InChI=1S/C29H23N3O3.ClH/c33-29(19-11-14-22(15-12-19)32(34)35)30-21-7-3-6-20(17-21)28-25-10-4-9-24(25)27-23-8-2-1-5-18(23)13-16-26(27)31-28;/h1-9,11-17,24-25,28,31H,10H2,(H,30,33);1H. The summed E-state index contributed by atoms with van der Waals surface area (Å²) in [4.78, 5) is 23.1. The van der Waals surface area contributed by atoms with Crippen LogP contribution in [0.4, 0.5) is 17.1 Å². The molecule has 6 nitrogen and oxygen atoms in total. The lowest BCUT2D eigenvalue weighted by molar-refractivity contribution is -0.384. The molecule has 0 saturated heterocycles. The Morgan fingerprint density at radius 2 is 1.78 bits per heavy atom. The Bertz CT molecular complexity index is 1500. The number of fused-ring (bicyclic) bond motifs is 5. The number of hydrogen-bond acceptors (Lipinski definition) is 4. The van der Waals surface area contributed by atoms with Gasteiger partial charge in [0, 0.05) is 35.0 Å². The molecule has 0 radical (unpaired) electrons. The number of carbonyl (C=O) groups is 1. The van der Waals surface area contributed by atoms with Crippen molar-refractivity contribution in [3.8, 4) is 0 Å². The maximum atomic E-state index is 12.7. The van der Waals surface area contributed by atoms with E-state index in [1.807, 2.05) is 18.2 Å². The zero-order chi connectivity index (χ0) is 23.9. The van der Waals surface area contributed by atoms with Crippen molar-refractivity contribution in [3.63, 3.8) is 0 Å². The Hall–Kier alpha value is -4.16. The average molecular weight is 498 g/mol. The molecule has 1 aliphatic heterocycles. The van der Waals surface area contributed by atoms with Gasteiger partial charge in [-0.05, 0) is 64.6 Å². The maximum absolute atomic E-state index is 12.7. The van der Waals surface area contributed by atoms with Crippen LogP contribution in [0.5, 0.6) is 0 Å². The largest absolute Gasteiger partial charge is 0.378 e. The lowest BCUT2D eigenvalue weighted by Crippen LogP contribution is -2.29. The second kappa shape index (κ2) is 9.47. The first-order valence-electron chi connectivity index (χ1n) is 11.7. The summed E-state index contributed by atoms with van der Waals surface area (Å²) < 4.78 is 0. The van der Waals surface area contributed by atoms with Gasteiger partial charge in [-0.2, -0.15) is 0 Å². The summed E-state index contributed by atoms with van der Waals surface area (Å²) in [5.41, 5.74) is 4.66. The van der Waals surface area contributed by atoms with E-state index in [2.05, 4.69) is 65.3 Å². The number of amides is 1. The van der Waals surface area contributed by atoms with E-state index >= 15 is 0 Å². The lowest BCUT2D eigenvalue weighted by Gasteiger charge is -2.38. The number of rotatable bonds is 4. The highest BCUT2D eigenvalue weighted by atomic mass is 35.5. The van der Waals surface area contributed by atoms with Crippen LogP contribution < -0.4 is 10.6 Å². The summed E-state index contributed by atoms with van der Waals surface area (Å²) in [7, 11) is 0. The van der Waals surface area contributed by atoms with Crippen LogP contribution in [0.15, 0.2) is 97.1 Å². The number of nitro groups is 1. The summed E-state index contributed by atoms with van der Waals surface area (Å²) in [5, 5.41) is 20.1. The Labute approximate surface area is 214 Å². The second-order valence-corrected chi connectivity index (χ2v) is 9.11. The van der Waals surface area contributed by atoms with Gasteiger partial charge in [0.1, 0.15) is 0 Å². The van der Waals surface area contributed by atoms with Crippen LogP contribution in [0.1, 0.15) is 39.9 Å². The molecule has 0 aromatic heterocycles. The van der Waals surface area contributed by atoms with Gasteiger partial charge < -0.3 is 10.6 Å². The first-order chi connectivity index (χ1) is 17.1. The Balaban J connectivity index is 0.00000267. The minimum Gasteiger partial charge on any atom is -0.378 e. The van der Waals surface area contributed by atoms with E-state index < -0.39 is 4.92 Å². The molecular weight excluding hydrogens is 474 g/mol. The Kier molecular flexibility index (Phi) is 6.20. The second-order valence-electron chi connectivity index (χ2n) is 9.11. The van der Waals surface area contributed by atoms with Crippen molar-refractivity contribution < 1.29 is 9.72 Å². The first kappa shape index (κ1) is 23.6.